The zero-order chi connectivity index (χ0) is 30.6. The third kappa shape index (κ3) is 13.7. The number of methoxy groups -OCH3 is 2. The van der Waals surface area contributed by atoms with E-state index >= 15 is 0 Å². The average molecular weight is 590 g/mol. The van der Waals surface area contributed by atoms with E-state index in [1.807, 2.05) is 0 Å². The maximum Gasteiger partial charge on any atom is 0.490 e. The van der Waals surface area contributed by atoms with Crippen molar-refractivity contribution in [2.24, 2.45) is 0 Å². The molecule has 0 radical (unpaired) electrons. The van der Waals surface area contributed by atoms with Gasteiger partial charge in [0, 0.05) is 0 Å². The number of ether oxygens (including phenoxy) is 3. The predicted molar refractivity (Wildman–Crippen MR) is 108 cm³/mol. The summed E-state index contributed by atoms with van der Waals surface area (Å²) in [5, 5.41) is 2.75. The SMILES string of the molecule is COC(=O)C(CCC/C=C(\CCC(NC(=O)C(F)(F)F)C(=O)OC)COC(=O)C(F)(F)F)NC(=O)C(F)(F)F. The van der Waals surface area contributed by atoms with Crippen molar-refractivity contribution in [3.8, 4) is 0 Å². The maximum absolute atomic E-state index is 12.5. The highest BCUT2D eigenvalue weighted by molar-refractivity contribution is 5.88. The molecule has 0 aliphatic heterocycles. The van der Waals surface area contributed by atoms with E-state index < -0.39 is 86.2 Å². The van der Waals surface area contributed by atoms with E-state index in [2.05, 4.69) is 14.2 Å². The molecule has 0 aromatic carbocycles. The van der Waals surface area contributed by atoms with Crippen LogP contribution in [0.25, 0.3) is 0 Å². The summed E-state index contributed by atoms with van der Waals surface area (Å²) in [5.41, 5.74) is -0.197. The molecule has 10 nitrogen and oxygen atoms in total. The fourth-order valence-electron chi connectivity index (χ4n) is 2.69. The minimum Gasteiger partial charge on any atom is -0.467 e. The fourth-order valence-corrected chi connectivity index (χ4v) is 2.69. The Bertz CT molecular complexity index is 914. The summed E-state index contributed by atoms with van der Waals surface area (Å²) in [5.74, 6) is -10.1. The molecule has 0 aromatic rings. The third-order valence-corrected chi connectivity index (χ3v) is 4.60. The lowest BCUT2D eigenvalue weighted by molar-refractivity contribution is -0.198. The molecule has 2 N–H and O–H groups in total. The number of halogens is 9. The Hall–Kier alpha value is -3.54. The number of allylic oxidation sites excluding steroid dienone is 1. The first-order valence-corrected chi connectivity index (χ1v) is 10.6. The Morgan fingerprint density at radius 2 is 1.15 bits per heavy atom. The van der Waals surface area contributed by atoms with Gasteiger partial charge in [0.2, 0.25) is 0 Å². The Balaban J connectivity index is 5.56. The van der Waals surface area contributed by atoms with Gasteiger partial charge < -0.3 is 24.8 Å². The molecule has 0 fully saturated rings. The second-order valence-corrected chi connectivity index (χ2v) is 7.50. The number of carbonyl (C=O) groups is 5. The number of unbranched alkanes of at least 4 members (excludes halogenated alkanes) is 1. The summed E-state index contributed by atoms with van der Waals surface area (Å²) in [7, 11) is 1.61. The summed E-state index contributed by atoms with van der Waals surface area (Å²) >= 11 is 0. The van der Waals surface area contributed by atoms with Crippen LogP contribution < -0.4 is 10.6 Å². The first-order chi connectivity index (χ1) is 17.7. The molecule has 0 spiro atoms. The molecule has 0 heterocycles. The molecular weight excluding hydrogens is 567 g/mol. The second-order valence-electron chi connectivity index (χ2n) is 7.50. The Kier molecular flexibility index (Phi) is 13.8. The summed E-state index contributed by atoms with van der Waals surface area (Å²) in [6.45, 7) is -1.06. The van der Waals surface area contributed by atoms with Gasteiger partial charge in [-0.15, -0.1) is 0 Å². The van der Waals surface area contributed by atoms with E-state index in [1.54, 1.807) is 0 Å². The molecule has 39 heavy (non-hydrogen) atoms. The monoisotopic (exact) mass is 590 g/mol. The van der Waals surface area contributed by atoms with Crippen molar-refractivity contribution < 1.29 is 77.7 Å². The van der Waals surface area contributed by atoms with Gasteiger partial charge in [0.1, 0.15) is 18.7 Å². The van der Waals surface area contributed by atoms with Gasteiger partial charge in [0.15, 0.2) is 0 Å². The molecule has 224 valence electrons. The molecule has 2 amide bonds. The minimum atomic E-state index is -5.40. The molecule has 0 saturated carbocycles. The predicted octanol–water partition coefficient (Wildman–Crippen LogP) is 2.41. The van der Waals surface area contributed by atoms with Crippen molar-refractivity contribution >= 4 is 29.7 Å². The first kappa shape index (κ1) is 35.5. The summed E-state index contributed by atoms with van der Waals surface area (Å²) in [6.07, 6.45) is -17.1. The van der Waals surface area contributed by atoms with Crippen LogP contribution in [0.5, 0.6) is 0 Å². The van der Waals surface area contributed by atoms with Crippen LogP contribution in [0.2, 0.25) is 0 Å². The van der Waals surface area contributed by atoms with Crippen LogP contribution in [0.1, 0.15) is 32.1 Å². The molecule has 0 rings (SSSR count). The number of hydrogen-bond donors (Lipinski definition) is 2. The summed E-state index contributed by atoms with van der Waals surface area (Å²) < 4.78 is 125. The van der Waals surface area contributed by atoms with Crippen molar-refractivity contribution in [2.75, 3.05) is 20.8 Å². The quantitative estimate of drug-likeness (QED) is 0.110. The van der Waals surface area contributed by atoms with Crippen molar-refractivity contribution in [3.05, 3.63) is 11.6 Å². The maximum atomic E-state index is 12.5. The van der Waals surface area contributed by atoms with E-state index in [-0.39, 0.29) is 18.4 Å². The zero-order valence-electron chi connectivity index (χ0n) is 20.1. The second kappa shape index (κ2) is 15.2. The Labute approximate surface area is 214 Å². The number of carbonyl (C=O) groups excluding carboxylic acids is 5. The first-order valence-electron chi connectivity index (χ1n) is 10.6. The van der Waals surface area contributed by atoms with Crippen molar-refractivity contribution in [3.63, 3.8) is 0 Å². The zero-order valence-corrected chi connectivity index (χ0v) is 20.1. The van der Waals surface area contributed by atoms with Gasteiger partial charge >= 0.3 is 48.3 Å². The molecular formula is C20H23F9N2O8. The van der Waals surface area contributed by atoms with E-state index in [1.165, 1.54) is 10.6 Å². The average Bonchev–Trinajstić information content (AvgIpc) is 2.82. The lowest BCUT2D eigenvalue weighted by atomic mass is 10.0. The third-order valence-electron chi connectivity index (χ3n) is 4.60. The standard InChI is InChI=1S/C20H23F9N2O8/c1-37-13(32)11(30-15(34)18(21,22)23)6-4-3-5-10(9-39-17(36)20(27,28)29)7-8-12(14(33)38-2)31-16(35)19(24,25)26/h5,11-12H,3-4,6-9H2,1-2H3,(H,30,34)(H,31,35)/b10-5+. The number of nitrogens with one attached hydrogen (secondary N) is 2. The van der Waals surface area contributed by atoms with Gasteiger partial charge in [-0.1, -0.05) is 6.08 Å². The Morgan fingerprint density at radius 3 is 1.54 bits per heavy atom. The molecule has 2 atom stereocenters. The highest BCUT2D eigenvalue weighted by atomic mass is 19.4. The van der Waals surface area contributed by atoms with E-state index in [4.69, 9.17) is 0 Å². The lowest BCUT2D eigenvalue weighted by Gasteiger charge is -2.19. The van der Waals surface area contributed by atoms with E-state index in [9.17, 15) is 63.5 Å². The topological polar surface area (TPSA) is 137 Å². The van der Waals surface area contributed by atoms with Crippen LogP contribution in [-0.4, -0.2) is 81.2 Å². The highest BCUT2D eigenvalue weighted by Crippen LogP contribution is 2.20. The number of rotatable bonds is 13. The molecule has 0 aliphatic carbocycles. The van der Waals surface area contributed by atoms with Gasteiger partial charge in [0.05, 0.1) is 14.2 Å². The number of hydrogen-bond acceptors (Lipinski definition) is 8. The van der Waals surface area contributed by atoms with E-state index in [0.717, 1.165) is 20.3 Å². The Morgan fingerprint density at radius 1 is 0.718 bits per heavy atom. The van der Waals surface area contributed by atoms with Crippen LogP contribution in [0.4, 0.5) is 39.5 Å². The van der Waals surface area contributed by atoms with Crippen LogP contribution in [-0.2, 0) is 38.2 Å². The van der Waals surface area contributed by atoms with Crippen molar-refractivity contribution in [1.82, 2.24) is 10.6 Å². The lowest BCUT2D eigenvalue weighted by Crippen LogP contribution is -2.47. The van der Waals surface area contributed by atoms with Crippen LogP contribution in [0, 0.1) is 0 Å². The van der Waals surface area contributed by atoms with Crippen LogP contribution in [0.3, 0.4) is 0 Å². The molecule has 0 aliphatic rings. The fraction of sp³-hybridized carbons (Fsp3) is 0.650. The van der Waals surface area contributed by atoms with Crippen LogP contribution in [0.15, 0.2) is 11.6 Å². The normalized spacial score (nSPS) is 14.1. The van der Waals surface area contributed by atoms with Gasteiger partial charge in [-0.3, -0.25) is 9.59 Å². The molecule has 0 saturated heterocycles. The van der Waals surface area contributed by atoms with Crippen molar-refractivity contribution in [1.29, 1.82) is 0 Å². The number of esters is 3. The summed E-state index contributed by atoms with van der Waals surface area (Å²) in [4.78, 5) is 56.7. The van der Waals surface area contributed by atoms with Gasteiger partial charge in [-0.05, 0) is 37.7 Å². The smallest absolute Gasteiger partial charge is 0.467 e. The van der Waals surface area contributed by atoms with Crippen molar-refractivity contribution in [2.45, 2.75) is 62.7 Å². The molecule has 19 heteroatoms. The van der Waals surface area contributed by atoms with E-state index in [0.29, 0.717) is 0 Å². The minimum absolute atomic E-state index is 0.195. The van der Waals surface area contributed by atoms with Gasteiger partial charge in [-0.25, -0.2) is 14.4 Å². The molecule has 0 bridgehead atoms. The highest BCUT2D eigenvalue weighted by Gasteiger charge is 2.42. The molecule has 2 unspecified atom stereocenters. The number of amides is 2. The van der Waals surface area contributed by atoms with Gasteiger partial charge in [-0.2, -0.15) is 39.5 Å². The molecule has 0 aromatic heterocycles. The van der Waals surface area contributed by atoms with Crippen LogP contribution >= 0.6 is 0 Å². The van der Waals surface area contributed by atoms with Gasteiger partial charge in [0.25, 0.3) is 0 Å². The number of alkyl halides is 9. The largest absolute Gasteiger partial charge is 0.490 e. The summed E-state index contributed by atoms with van der Waals surface area (Å²) in [6, 6.07) is -3.67.